The number of carbonyl (C=O) groups excluding carboxylic acids is 2. The van der Waals surface area contributed by atoms with Crippen molar-refractivity contribution in [1.29, 1.82) is 0 Å². The van der Waals surface area contributed by atoms with E-state index in [1.54, 1.807) is 12.1 Å². The van der Waals surface area contributed by atoms with E-state index in [9.17, 15) is 9.59 Å². The van der Waals surface area contributed by atoms with Crippen molar-refractivity contribution in [2.75, 3.05) is 25.0 Å². The Balaban J connectivity index is 1.33. The molecule has 0 aliphatic carbocycles. The molecule has 5 rings (SSSR count). The second-order valence-corrected chi connectivity index (χ2v) is 10.1. The van der Waals surface area contributed by atoms with Gasteiger partial charge in [-0.3, -0.25) is 14.7 Å². The molecule has 0 unspecified atom stereocenters. The number of rotatable bonds is 7. The SMILES string of the molecule is O=C(Nc1[nH]nc2sc(C(=O)N[C@H](CN3CCCCC3)c3ccccc3)cc12)c1cccs1. The van der Waals surface area contributed by atoms with Crippen LogP contribution >= 0.6 is 22.7 Å². The molecule has 170 valence electrons. The van der Waals surface area contributed by atoms with Crippen molar-refractivity contribution in [2.45, 2.75) is 25.3 Å². The highest BCUT2D eigenvalue weighted by atomic mass is 32.1. The van der Waals surface area contributed by atoms with E-state index in [0.717, 1.165) is 30.6 Å². The van der Waals surface area contributed by atoms with Gasteiger partial charge in [0.1, 0.15) is 10.6 Å². The van der Waals surface area contributed by atoms with Gasteiger partial charge in [-0.2, -0.15) is 5.10 Å². The summed E-state index contributed by atoms with van der Waals surface area (Å²) in [5.74, 6) is 0.185. The lowest BCUT2D eigenvalue weighted by atomic mass is 10.0. The van der Waals surface area contributed by atoms with Gasteiger partial charge < -0.3 is 15.5 Å². The molecule has 4 heterocycles. The lowest BCUT2D eigenvalue weighted by Crippen LogP contribution is -2.40. The van der Waals surface area contributed by atoms with Gasteiger partial charge in [0.25, 0.3) is 11.8 Å². The highest BCUT2D eigenvalue weighted by Crippen LogP contribution is 2.30. The van der Waals surface area contributed by atoms with Crippen LogP contribution in [0.3, 0.4) is 0 Å². The second-order valence-electron chi connectivity index (χ2n) is 8.16. The molecular formula is C24H25N5O2S2. The van der Waals surface area contributed by atoms with E-state index in [-0.39, 0.29) is 17.9 Å². The Morgan fingerprint density at radius 2 is 1.85 bits per heavy atom. The summed E-state index contributed by atoms with van der Waals surface area (Å²) >= 11 is 2.69. The van der Waals surface area contributed by atoms with Crippen LogP contribution in [-0.4, -0.2) is 46.5 Å². The zero-order chi connectivity index (χ0) is 22.6. The summed E-state index contributed by atoms with van der Waals surface area (Å²) in [5.41, 5.74) is 1.10. The third-order valence-electron chi connectivity index (χ3n) is 5.86. The minimum atomic E-state index is -0.196. The molecule has 0 radical (unpaired) electrons. The number of nitrogens with zero attached hydrogens (tertiary/aromatic N) is 2. The number of aromatic nitrogens is 2. The van der Waals surface area contributed by atoms with Gasteiger partial charge >= 0.3 is 0 Å². The van der Waals surface area contributed by atoms with E-state index < -0.39 is 0 Å². The van der Waals surface area contributed by atoms with Crippen molar-refractivity contribution < 1.29 is 9.59 Å². The smallest absolute Gasteiger partial charge is 0.266 e. The maximum absolute atomic E-state index is 13.2. The molecule has 4 aromatic rings. The fraction of sp³-hybridized carbons (Fsp3) is 0.292. The normalized spacial score (nSPS) is 15.4. The van der Waals surface area contributed by atoms with E-state index in [2.05, 4.69) is 37.9 Å². The van der Waals surface area contributed by atoms with Crippen molar-refractivity contribution in [3.63, 3.8) is 0 Å². The number of anilines is 1. The van der Waals surface area contributed by atoms with E-state index >= 15 is 0 Å². The van der Waals surface area contributed by atoms with Crippen LogP contribution < -0.4 is 10.6 Å². The van der Waals surface area contributed by atoms with Crippen molar-refractivity contribution >= 4 is 50.5 Å². The van der Waals surface area contributed by atoms with Gasteiger partial charge in [-0.05, 0) is 49.0 Å². The molecule has 1 fully saturated rings. The van der Waals surface area contributed by atoms with Gasteiger partial charge in [-0.15, -0.1) is 22.7 Å². The Morgan fingerprint density at radius 1 is 1.03 bits per heavy atom. The number of hydrogen-bond donors (Lipinski definition) is 3. The number of benzene rings is 1. The van der Waals surface area contributed by atoms with Crippen molar-refractivity contribution in [3.05, 3.63) is 69.2 Å². The summed E-state index contributed by atoms with van der Waals surface area (Å²) < 4.78 is 0. The average molecular weight is 480 g/mol. The van der Waals surface area contributed by atoms with Gasteiger partial charge in [0.05, 0.1) is 21.2 Å². The summed E-state index contributed by atoms with van der Waals surface area (Å²) in [7, 11) is 0. The highest BCUT2D eigenvalue weighted by Gasteiger charge is 2.23. The third-order valence-corrected chi connectivity index (χ3v) is 7.75. The fourth-order valence-corrected chi connectivity index (χ4v) is 5.67. The quantitative estimate of drug-likeness (QED) is 0.352. The molecule has 0 spiro atoms. The molecule has 9 heteroatoms. The minimum Gasteiger partial charge on any atom is -0.343 e. The standard InChI is InChI=1S/C24H25N5O2S2/c30-22(19-10-7-13-32-19)26-21-17-14-20(33-24(17)28-27-21)23(31)25-18(16-8-3-1-4-9-16)15-29-11-5-2-6-12-29/h1,3-4,7-10,13-14,18H,2,5-6,11-12,15H2,(H,25,31)(H2,26,27,28,30)/t18-/m1/s1. The Bertz CT molecular complexity index is 1230. The molecule has 1 aliphatic rings. The Labute approximate surface area is 199 Å². The number of hydrogen-bond acceptors (Lipinski definition) is 6. The maximum atomic E-state index is 13.2. The second kappa shape index (κ2) is 9.86. The number of nitrogens with one attached hydrogen (secondary N) is 3. The molecule has 3 N–H and O–H groups in total. The van der Waals surface area contributed by atoms with Crippen LogP contribution in [0.5, 0.6) is 0 Å². The molecule has 0 bridgehead atoms. The summed E-state index contributed by atoms with van der Waals surface area (Å²) in [5, 5.41) is 15.8. The first-order valence-corrected chi connectivity index (χ1v) is 12.8. The predicted octanol–water partition coefficient (Wildman–Crippen LogP) is 4.90. The average Bonchev–Trinajstić information content (AvgIpc) is 3.59. The molecule has 0 saturated carbocycles. The minimum absolute atomic E-state index is 0.0919. The van der Waals surface area contributed by atoms with Gasteiger partial charge in [-0.1, -0.05) is 42.8 Å². The molecular weight excluding hydrogens is 454 g/mol. The number of H-pyrrole nitrogens is 1. The summed E-state index contributed by atoms with van der Waals surface area (Å²) in [6.45, 7) is 2.93. The molecule has 3 aromatic heterocycles. The Kier molecular flexibility index (Phi) is 6.52. The van der Waals surface area contributed by atoms with E-state index in [1.807, 2.05) is 29.6 Å². The van der Waals surface area contributed by atoms with E-state index in [1.165, 1.54) is 41.9 Å². The number of piperidine rings is 1. The lowest BCUT2D eigenvalue weighted by Gasteiger charge is -2.31. The topological polar surface area (TPSA) is 90.1 Å². The molecule has 7 nitrogen and oxygen atoms in total. The number of carbonyl (C=O) groups is 2. The maximum Gasteiger partial charge on any atom is 0.266 e. The van der Waals surface area contributed by atoms with E-state index in [0.29, 0.717) is 20.4 Å². The van der Waals surface area contributed by atoms with Crippen LogP contribution in [0, 0.1) is 0 Å². The first-order valence-electron chi connectivity index (χ1n) is 11.1. The van der Waals surface area contributed by atoms with Gasteiger partial charge in [0.2, 0.25) is 0 Å². The van der Waals surface area contributed by atoms with Crippen LogP contribution in [0.15, 0.2) is 53.9 Å². The van der Waals surface area contributed by atoms with E-state index in [4.69, 9.17) is 0 Å². The van der Waals surface area contributed by atoms with Gasteiger partial charge in [0, 0.05) is 6.54 Å². The van der Waals surface area contributed by atoms with Crippen LogP contribution in [0.2, 0.25) is 0 Å². The number of fused-ring (bicyclic) bond motifs is 1. The van der Waals surface area contributed by atoms with Crippen molar-refractivity contribution in [3.8, 4) is 0 Å². The monoisotopic (exact) mass is 479 g/mol. The lowest BCUT2D eigenvalue weighted by molar-refractivity contribution is 0.0923. The van der Waals surface area contributed by atoms with Crippen molar-refractivity contribution in [2.24, 2.45) is 0 Å². The van der Waals surface area contributed by atoms with Gasteiger partial charge in [-0.25, -0.2) is 0 Å². The molecule has 1 aromatic carbocycles. The molecule has 1 atom stereocenters. The van der Waals surface area contributed by atoms with Crippen LogP contribution in [0.4, 0.5) is 5.82 Å². The molecule has 33 heavy (non-hydrogen) atoms. The first kappa shape index (κ1) is 21.8. The van der Waals surface area contributed by atoms with Gasteiger partial charge in [0.15, 0.2) is 0 Å². The summed E-state index contributed by atoms with van der Waals surface area (Å²) in [6.07, 6.45) is 3.69. The summed E-state index contributed by atoms with van der Waals surface area (Å²) in [4.78, 5) is 30.0. The van der Waals surface area contributed by atoms with Crippen LogP contribution in [-0.2, 0) is 0 Å². The Morgan fingerprint density at radius 3 is 2.61 bits per heavy atom. The summed E-state index contributed by atoms with van der Waals surface area (Å²) in [6, 6.07) is 15.4. The molecule has 1 saturated heterocycles. The molecule has 1 aliphatic heterocycles. The number of aromatic amines is 1. The highest BCUT2D eigenvalue weighted by molar-refractivity contribution is 7.20. The number of amides is 2. The number of thiophene rings is 2. The number of likely N-dealkylation sites (tertiary alicyclic amines) is 1. The Hall–Kier alpha value is -3.01. The largest absolute Gasteiger partial charge is 0.343 e. The van der Waals surface area contributed by atoms with Crippen LogP contribution in [0.1, 0.15) is 50.2 Å². The van der Waals surface area contributed by atoms with Crippen LogP contribution in [0.25, 0.3) is 10.2 Å². The zero-order valence-corrected chi connectivity index (χ0v) is 19.7. The first-order chi connectivity index (χ1) is 16.2. The van der Waals surface area contributed by atoms with Crippen molar-refractivity contribution in [1.82, 2.24) is 20.4 Å². The fourth-order valence-electron chi connectivity index (χ4n) is 4.15. The molecule has 2 amide bonds. The zero-order valence-electron chi connectivity index (χ0n) is 18.0. The predicted molar refractivity (Wildman–Crippen MR) is 133 cm³/mol. The third kappa shape index (κ3) is 5.00.